The van der Waals surface area contributed by atoms with Crippen LogP contribution in [0.4, 0.5) is 5.69 Å². The van der Waals surface area contributed by atoms with E-state index in [0.717, 1.165) is 17.7 Å². The van der Waals surface area contributed by atoms with Crippen molar-refractivity contribution in [2.75, 3.05) is 5.32 Å². The molecule has 106 valence electrons. The molecule has 0 spiro atoms. The maximum absolute atomic E-state index is 11.8. The van der Waals surface area contributed by atoms with E-state index in [1.165, 1.54) is 38.5 Å². The van der Waals surface area contributed by atoms with Crippen molar-refractivity contribution in [3.8, 4) is 0 Å². The average molecular weight is 261 g/mol. The smallest absolute Gasteiger partial charge is 0.224 e. The number of rotatable bonds is 9. The fraction of sp³-hybridized carbons (Fsp3) is 0.588. The van der Waals surface area contributed by atoms with Crippen LogP contribution in [0.1, 0.15) is 63.9 Å². The van der Waals surface area contributed by atoms with Crippen molar-refractivity contribution >= 4 is 11.6 Å². The lowest BCUT2D eigenvalue weighted by atomic mass is 10.1. The minimum absolute atomic E-state index is 0.142. The summed E-state index contributed by atoms with van der Waals surface area (Å²) in [6.07, 6.45) is 9.36. The van der Waals surface area contributed by atoms with Crippen LogP contribution in [-0.4, -0.2) is 5.91 Å². The Balaban J connectivity index is 2.10. The number of unbranched alkanes of at least 4 members (excludes halogenated alkanes) is 6. The third kappa shape index (κ3) is 7.00. The Kier molecular flexibility index (Phi) is 7.95. The standard InChI is InChI=1S/C17H27NO/c1-3-4-5-6-7-8-9-14-17(19)18-16-13-11-10-12-15(16)2/h10-13H,3-9,14H2,1-2H3,(H,18,19). The maximum atomic E-state index is 11.8. The van der Waals surface area contributed by atoms with Gasteiger partial charge in [0.1, 0.15) is 0 Å². The number of amides is 1. The summed E-state index contributed by atoms with van der Waals surface area (Å²) in [6, 6.07) is 7.92. The fourth-order valence-electron chi connectivity index (χ4n) is 2.17. The number of anilines is 1. The fourth-order valence-corrected chi connectivity index (χ4v) is 2.17. The number of hydrogen-bond donors (Lipinski definition) is 1. The molecule has 0 aliphatic carbocycles. The Bertz CT molecular complexity index is 373. The first-order valence-corrected chi connectivity index (χ1v) is 7.59. The van der Waals surface area contributed by atoms with E-state index < -0.39 is 0 Å². The number of para-hydroxylation sites is 1. The van der Waals surface area contributed by atoms with E-state index in [1.54, 1.807) is 0 Å². The molecule has 0 unspecified atom stereocenters. The van der Waals surface area contributed by atoms with E-state index in [2.05, 4.69) is 12.2 Å². The van der Waals surface area contributed by atoms with Crippen molar-refractivity contribution in [1.82, 2.24) is 0 Å². The van der Waals surface area contributed by atoms with Gasteiger partial charge >= 0.3 is 0 Å². The Hall–Kier alpha value is -1.31. The minimum atomic E-state index is 0.142. The van der Waals surface area contributed by atoms with Crippen LogP contribution in [0.3, 0.4) is 0 Å². The molecule has 2 nitrogen and oxygen atoms in total. The number of aryl methyl sites for hydroxylation is 1. The van der Waals surface area contributed by atoms with Gasteiger partial charge in [0.25, 0.3) is 0 Å². The minimum Gasteiger partial charge on any atom is -0.326 e. The zero-order valence-electron chi connectivity index (χ0n) is 12.4. The van der Waals surface area contributed by atoms with E-state index in [1.807, 2.05) is 31.2 Å². The van der Waals surface area contributed by atoms with Crippen LogP contribution in [-0.2, 0) is 4.79 Å². The van der Waals surface area contributed by atoms with Crippen molar-refractivity contribution in [2.24, 2.45) is 0 Å². The first kappa shape index (κ1) is 15.7. The zero-order chi connectivity index (χ0) is 13.9. The molecule has 0 aliphatic rings. The van der Waals surface area contributed by atoms with Crippen LogP contribution in [0.25, 0.3) is 0 Å². The molecule has 0 aliphatic heterocycles. The van der Waals surface area contributed by atoms with Crippen LogP contribution in [0, 0.1) is 6.92 Å². The third-order valence-electron chi connectivity index (χ3n) is 3.43. The number of nitrogens with one attached hydrogen (secondary N) is 1. The molecule has 1 amide bonds. The summed E-state index contributed by atoms with van der Waals surface area (Å²) < 4.78 is 0. The first-order valence-electron chi connectivity index (χ1n) is 7.59. The van der Waals surface area contributed by atoms with E-state index in [0.29, 0.717) is 6.42 Å². The number of carbonyl (C=O) groups excluding carboxylic acids is 1. The van der Waals surface area contributed by atoms with Gasteiger partial charge in [-0.3, -0.25) is 4.79 Å². The second-order valence-electron chi connectivity index (χ2n) is 5.23. The van der Waals surface area contributed by atoms with E-state index >= 15 is 0 Å². The molecule has 0 fully saturated rings. The molecule has 1 N–H and O–H groups in total. The van der Waals surface area contributed by atoms with Gasteiger partial charge in [-0.25, -0.2) is 0 Å². The summed E-state index contributed by atoms with van der Waals surface area (Å²) in [5.74, 6) is 0.142. The average Bonchev–Trinajstić information content (AvgIpc) is 2.40. The quantitative estimate of drug-likeness (QED) is 0.617. The third-order valence-corrected chi connectivity index (χ3v) is 3.43. The van der Waals surface area contributed by atoms with Gasteiger partial charge in [0, 0.05) is 12.1 Å². The normalized spacial score (nSPS) is 10.4. The van der Waals surface area contributed by atoms with E-state index in [9.17, 15) is 4.79 Å². The molecule has 0 atom stereocenters. The maximum Gasteiger partial charge on any atom is 0.224 e. The summed E-state index contributed by atoms with van der Waals surface area (Å²) in [4.78, 5) is 11.8. The van der Waals surface area contributed by atoms with Crippen LogP contribution in [0.15, 0.2) is 24.3 Å². The van der Waals surface area contributed by atoms with Gasteiger partial charge < -0.3 is 5.32 Å². The number of benzene rings is 1. The Morgan fingerprint density at radius 2 is 1.63 bits per heavy atom. The van der Waals surface area contributed by atoms with E-state index in [-0.39, 0.29) is 5.91 Å². The van der Waals surface area contributed by atoms with Crippen LogP contribution in [0.2, 0.25) is 0 Å². The molecule has 2 heteroatoms. The van der Waals surface area contributed by atoms with Crippen molar-refractivity contribution < 1.29 is 4.79 Å². The SMILES string of the molecule is CCCCCCCCCC(=O)Nc1ccccc1C. The molecule has 0 aromatic heterocycles. The second-order valence-corrected chi connectivity index (χ2v) is 5.23. The molecule has 1 aromatic rings. The summed E-state index contributed by atoms with van der Waals surface area (Å²) in [7, 11) is 0. The highest BCUT2D eigenvalue weighted by Gasteiger charge is 2.03. The molecule has 19 heavy (non-hydrogen) atoms. The highest BCUT2D eigenvalue weighted by atomic mass is 16.1. The van der Waals surface area contributed by atoms with Crippen LogP contribution < -0.4 is 5.32 Å². The molecular weight excluding hydrogens is 234 g/mol. The molecule has 0 saturated carbocycles. The second kappa shape index (κ2) is 9.60. The Morgan fingerprint density at radius 1 is 1.00 bits per heavy atom. The van der Waals surface area contributed by atoms with Gasteiger partial charge in [0.2, 0.25) is 5.91 Å². The Morgan fingerprint density at radius 3 is 2.32 bits per heavy atom. The molecule has 0 heterocycles. The summed E-state index contributed by atoms with van der Waals surface area (Å²) in [6.45, 7) is 4.25. The van der Waals surface area contributed by atoms with Crippen LogP contribution in [0.5, 0.6) is 0 Å². The van der Waals surface area contributed by atoms with Crippen molar-refractivity contribution in [2.45, 2.75) is 65.2 Å². The lowest BCUT2D eigenvalue weighted by Crippen LogP contribution is -2.11. The zero-order valence-corrected chi connectivity index (χ0v) is 12.4. The van der Waals surface area contributed by atoms with Gasteiger partial charge in [-0.1, -0.05) is 63.6 Å². The monoisotopic (exact) mass is 261 g/mol. The van der Waals surface area contributed by atoms with Crippen LogP contribution >= 0.6 is 0 Å². The predicted molar refractivity (Wildman–Crippen MR) is 82.4 cm³/mol. The molecule has 1 rings (SSSR count). The molecular formula is C17H27NO. The summed E-state index contributed by atoms with van der Waals surface area (Å²) in [5.41, 5.74) is 2.06. The van der Waals surface area contributed by atoms with Gasteiger partial charge in [-0.2, -0.15) is 0 Å². The van der Waals surface area contributed by atoms with E-state index in [4.69, 9.17) is 0 Å². The first-order chi connectivity index (χ1) is 9.24. The summed E-state index contributed by atoms with van der Waals surface area (Å²) in [5, 5.41) is 2.98. The van der Waals surface area contributed by atoms with Gasteiger partial charge in [0.05, 0.1) is 0 Å². The van der Waals surface area contributed by atoms with Crippen molar-refractivity contribution in [1.29, 1.82) is 0 Å². The molecule has 0 saturated heterocycles. The number of carbonyl (C=O) groups is 1. The topological polar surface area (TPSA) is 29.1 Å². The lowest BCUT2D eigenvalue weighted by Gasteiger charge is -2.07. The molecule has 0 bridgehead atoms. The van der Waals surface area contributed by atoms with Gasteiger partial charge in [-0.05, 0) is 25.0 Å². The molecule has 0 radical (unpaired) electrons. The van der Waals surface area contributed by atoms with Gasteiger partial charge in [-0.15, -0.1) is 0 Å². The largest absolute Gasteiger partial charge is 0.326 e. The number of hydrogen-bond acceptors (Lipinski definition) is 1. The predicted octanol–water partition coefficient (Wildman–Crippen LogP) is 5.07. The highest BCUT2D eigenvalue weighted by molar-refractivity contribution is 5.91. The van der Waals surface area contributed by atoms with Gasteiger partial charge in [0.15, 0.2) is 0 Å². The lowest BCUT2D eigenvalue weighted by molar-refractivity contribution is -0.116. The highest BCUT2D eigenvalue weighted by Crippen LogP contribution is 2.14. The van der Waals surface area contributed by atoms with Crippen molar-refractivity contribution in [3.05, 3.63) is 29.8 Å². The molecule has 1 aromatic carbocycles. The van der Waals surface area contributed by atoms with Crippen molar-refractivity contribution in [3.63, 3.8) is 0 Å². The Labute approximate surface area is 117 Å². The summed E-state index contributed by atoms with van der Waals surface area (Å²) >= 11 is 0.